The van der Waals surface area contributed by atoms with Crippen LogP contribution < -0.4 is 5.14 Å². The van der Waals surface area contributed by atoms with E-state index in [0.717, 1.165) is 11.8 Å². The molecule has 0 fully saturated rings. The minimum absolute atomic E-state index is 0.00924. The zero-order valence-corrected chi connectivity index (χ0v) is 11.0. The number of aliphatic carboxylic acids is 1. The second-order valence-corrected chi connectivity index (χ2v) is 7.19. The Labute approximate surface area is 104 Å². The fourth-order valence-corrected chi connectivity index (χ4v) is 2.50. The van der Waals surface area contributed by atoms with E-state index >= 15 is 0 Å². The Balaban J connectivity index is 2.94. The van der Waals surface area contributed by atoms with E-state index in [-0.39, 0.29) is 4.90 Å². The molecule has 17 heavy (non-hydrogen) atoms. The van der Waals surface area contributed by atoms with Crippen molar-refractivity contribution in [1.82, 2.24) is 0 Å². The van der Waals surface area contributed by atoms with Gasteiger partial charge in [0.2, 0.25) is 10.0 Å². The highest BCUT2D eigenvalue weighted by Gasteiger charge is 2.28. The number of carbonyl (C=O) groups is 1. The predicted molar refractivity (Wildman–Crippen MR) is 65.4 cm³/mol. The van der Waals surface area contributed by atoms with Gasteiger partial charge in [-0.2, -0.15) is 0 Å². The molecular formula is C10H13NO4S2. The van der Waals surface area contributed by atoms with Crippen LogP contribution in [0, 0.1) is 0 Å². The Morgan fingerprint density at radius 3 is 2.12 bits per heavy atom. The summed E-state index contributed by atoms with van der Waals surface area (Å²) in [5.74, 6) is -0.932. The number of carboxylic acid groups (broad SMARTS) is 1. The first kappa shape index (κ1) is 14.0. The van der Waals surface area contributed by atoms with Gasteiger partial charge in [0.15, 0.2) is 0 Å². The molecule has 1 rings (SSSR count). The summed E-state index contributed by atoms with van der Waals surface area (Å²) in [6.45, 7) is 3.15. The molecular weight excluding hydrogens is 262 g/mol. The Hall–Kier alpha value is -1.05. The molecule has 0 saturated heterocycles. The van der Waals surface area contributed by atoms with E-state index < -0.39 is 20.7 Å². The topological polar surface area (TPSA) is 97.5 Å². The van der Waals surface area contributed by atoms with Crippen LogP contribution in [0.1, 0.15) is 13.8 Å². The maximum Gasteiger partial charge on any atom is 0.319 e. The minimum atomic E-state index is -3.71. The number of primary sulfonamides is 1. The minimum Gasteiger partial charge on any atom is -0.480 e. The van der Waals surface area contributed by atoms with Crippen molar-refractivity contribution in [1.29, 1.82) is 0 Å². The van der Waals surface area contributed by atoms with Crippen LogP contribution in [0.3, 0.4) is 0 Å². The average molecular weight is 275 g/mol. The van der Waals surface area contributed by atoms with Crippen molar-refractivity contribution in [3.05, 3.63) is 24.3 Å². The first-order valence-corrected chi connectivity index (χ1v) is 7.04. The quantitative estimate of drug-likeness (QED) is 0.807. The van der Waals surface area contributed by atoms with Crippen molar-refractivity contribution in [2.75, 3.05) is 0 Å². The van der Waals surface area contributed by atoms with Gasteiger partial charge in [0, 0.05) is 4.90 Å². The van der Waals surface area contributed by atoms with E-state index in [4.69, 9.17) is 10.2 Å². The maximum atomic E-state index is 11.0. The number of hydrogen-bond donors (Lipinski definition) is 2. The Kier molecular flexibility index (Phi) is 3.85. The molecule has 0 aliphatic heterocycles. The number of sulfonamides is 1. The zero-order chi connectivity index (χ0) is 13.3. The molecule has 3 N–H and O–H groups in total. The molecule has 0 bridgehead atoms. The van der Waals surface area contributed by atoms with E-state index in [0.29, 0.717) is 4.90 Å². The lowest BCUT2D eigenvalue weighted by Gasteiger charge is -2.18. The lowest BCUT2D eigenvalue weighted by atomic mass is 10.2. The van der Waals surface area contributed by atoms with Gasteiger partial charge in [-0.1, -0.05) is 0 Å². The summed E-state index contributed by atoms with van der Waals surface area (Å²) in [5.41, 5.74) is 0. The van der Waals surface area contributed by atoms with Gasteiger partial charge >= 0.3 is 5.97 Å². The van der Waals surface area contributed by atoms with Crippen LogP contribution in [-0.4, -0.2) is 24.2 Å². The van der Waals surface area contributed by atoms with Gasteiger partial charge in [-0.05, 0) is 38.1 Å². The number of rotatable bonds is 4. The Morgan fingerprint density at radius 1 is 1.29 bits per heavy atom. The van der Waals surface area contributed by atoms with E-state index in [2.05, 4.69) is 0 Å². The third kappa shape index (κ3) is 3.72. The molecule has 0 unspecified atom stereocenters. The molecule has 0 aromatic heterocycles. The maximum absolute atomic E-state index is 11.0. The highest BCUT2D eigenvalue weighted by molar-refractivity contribution is 8.01. The normalized spacial score (nSPS) is 12.4. The van der Waals surface area contributed by atoms with Gasteiger partial charge in [0.1, 0.15) is 4.75 Å². The highest BCUT2D eigenvalue weighted by Crippen LogP contribution is 2.32. The molecule has 0 aliphatic rings. The number of nitrogens with two attached hydrogens (primary N) is 1. The molecule has 0 amide bonds. The first-order chi connectivity index (χ1) is 7.63. The van der Waals surface area contributed by atoms with E-state index in [9.17, 15) is 13.2 Å². The zero-order valence-electron chi connectivity index (χ0n) is 9.38. The second kappa shape index (κ2) is 4.67. The van der Waals surface area contributed by atoms with Gasteiger partial charge in [-0.15, -0.1) is 11.8 Å². The van der Waals surface area contributed by atoms with Gasteiger partial charge in [-0.25, -0.2) is 13.6 Å². The monoisotopic (exact) mass is 275 g/mol. The van der Waals surface area contributed by atoms with Crippen molar-refractivity contribution in [2.45, 2.75) is 28.4 Å². The summed E-state index contributed by atoms with van der Waals surface area (Å²) in [6.07, 6.45) is 0. The summed E-state index contributed by atoms with van der Waals surface area (Å²) in [5, 5.41) is 13.9. The fraction of sp³-hybridized carbons (Fsp3) is 0.300. The second-order valence-electron chi connectivity index (χ2n) is 3.93. The summed E-state index contributed by atoms with van der Waals surface area (Å²) < 4.78 is 21.1. The van der Waals surface area contributed by atoms with E-state index in [1.54, 1.807) is 13.8 Å². The molecule has 0 spiro atoms. The van der Waals surface area contributed by atoms with Gasteiger partial charge in [0.25, 0.3) is 0 Å². The third-order valence-corrected chi connectivity index (χ3v) is 4.16. The van der Waals surface area contributed by atoms with Crippen LogP contribution >= 0.6 is 11.8 Å². The van der Waals surface area contributed by atoms with Crippen LogP contribution in [0.5, 0.6) is 0 Å². The van der Waals surface area contributed by atoms with Crippen molar-refractivity contribution in [2.24, 2.45) is 5.14 Å². The molecule has 0 saturated carbocycles. The summed E-state index contributed by atoms with van der Waals surface area (Å²) >= 11 is 1.14. The van der Waals surface area contributed by atoms with Crippen molar-refractivity contribution in [3.63, 3.8) is 0 Å². The summed E-state index contributed by atoms with van der Waals surface area (Å²) in [6, 6.07) is 5.79. The van der Waals surface area contributed by atoms with E-state index in [1.807, 2.05) is 0 Å². The molecule has 0 aliphatic carbocycles. The number of carboxylic acids is 1. The average Bonchev–Trinajstić information content (AvgIpc) is 2.16. The van der Waals surface area contributed by atoms with Gasteiger partial charge < -0.3 is 5.11 Å². The lowest BCUT2D eigenvalue weighted by molar-refractivity contribution is -0.138. The van der Waals surface area contributed by atoms with Crippen LogP contribution in [-0.2, 0) is 14.8 Å². The molecule has 0 heterocycles. The molecule has 0 radical (unpaired) electrons. The first-order valence-electron chi connectivity index (χ1n) is 4.68. The Bertz CT molecular complexity index is 520. The summed E-state index contributed by atoms with van der Waals surface area (Å²) in [7, 11) is -3.71. The molecule has 94 valence electrons. The number of thioether (sulfide) groups is 1. The van der Waals surface area contributed by atoms with E-state index in [1.165, 1.54) is 24.3 Å². The molecule has 7 heteroatoms. The van der Waals surface area contributed by atoms with Crippen LogP contribution in [0.25, 0.3) is 0 Å². The fourth-order valence-electron chi connectivity index (χ4n) is 1.04. The van der Waals surface area contributed by atoms with Crippen LogP contribution in [0.4, 0.5) is 0 Å². The number of benzene rings is 1. The third-order valence-electron chi connectivity index (χ3n) is 2.04. The molecule has 1 aromatic rings. The summed E-state index contributed by atoms with van der Waals surface area (Å²) in [4.78, 5) is 11.6. The SMILES string of the molecule is CC(C)(Sc1ccc(S(N)(=O)=O)cc1)C(=O)O. The van der Waals surface area contributed by atoms with Gasteiger partial charge in [0.05, 0.1) is 4.90 Å². The smallest absolute Gasteiger partial charge is 0.319 e. The predicted octanol–water partition coefficient (Wildman–Crippen LogP) is 1.29. The Morgan fingerprint density at radius 2 is 1.76 bits per heavy atom. The van der Waals surface area contributed by atoms with Crippen molar-refractivity contribution in [3.8, 4) is 0 Å². The standard InChI is InChI=1S/C10H13NO4S2/c1-10(2,9(12)13)16-7-3-5-8(6-4-7)17(11,14)15/h3-6H,1-2H3,(H,12,13)(H2,11,14,15). The molecule has 0 atom stereocenters. The van der Waals surface area contributed by atoms with Crippen LogP contribution in [0.15, 0.2) is 34.1 Å². The highest BCUT2D eigenvalue weighted by atomic mass is 32.2. The largest absolute Gasteiger partial charge is 0.480 e. The number of hydrogen-bond acceptors (Lipinski definition) is 4. The van der Waals surface area contributed by atoms with Gasteiger partial charge in [-0.3, -0.25) is 4.79 Å². The lowest BCUT2D eigenvalue weighted by Crippen LogP contribution is -2.26. The van der Waals surface area contributed by atoms with Crippen molar-refractivity contribution < 1.29 is 18.3 Å². The molecule has 1 aromatic carbocycles. The van der Waals surface area contributed by atoms with Crippen LogP contribution in [0.2, 0.25) is 0 Å². The van der Waals surface area contributed by atoms with Crippen molar-refractivity contribution >= 4 is 27.8 Å². The molecule has 5 nitrogen and oxygen atoms in total.